The lowest BCUT2D eigenvalue weighted by Gasteiger charge is -2.31. The van der Waals surface area contributed by atoms with Crippen molar-refractivity contribution in [3.63, 3.8) is 0 Å². The van der Waals surface area contributed by atoms with Gasteiger partial charge in [-0.3, -0.25) is 14.3 Å². The van der Waals surface area contributed by atoms with Crippen molar-refractivity contribution in [1.82, 2.24) is 15.5 Å². The molecule has 0 radical (unpaired) electrons. The van der Waals surface area contributed by atoms with E-state index in [-0.39, 0.29) is 16.0 Å². The minimum absolute atomic E-state index is 0.174. The topological polar surface area (TPSA) is 111 Å². The van der Waals surface area contributed by atoms with E-state index in [9.17, 15) is 18.0 Å². The molecule has 1 aromatic heterocycles. The van der Waals surface area contributed by atoms with Crippen molar-refractivity contribution in [3.8, 4) is 0 Å². The average molecular weight is 492 g/mol. The van der Waals surface area contributed by atoms with E-state index in [0.717, 1.165) is 56.2 Å². The van der Waals surface area contributed by atoms with Crippen molar-refractivity contribution in [2.75, 3.05) is 55.4 Å². The third kappa shape index (κ3) is 5.84. The van der Waals surface area contributed by atoms with E-state index >= 15 is 0 Å². The second kappa shape index (κ2) is 10.5. The Balaban J connectivity index is 1.48. The molecule has 2 aromatic rings. The Hall–Kier alpha value is -2.63. The molecule has 2 aliphatic heterocycles. The number of hydrogen-bond acceptors (Lipinski definition) is 7. The summed E-state index contributed by atoms with van der Waals surface area (Å²) in [4.78, 5) is 28.8. The lowest BCUT2D eigenvalue weighted by molar-refractivity contribution is -0.127. The summed E-state index contributed by atoms with van der Waals surface area (Å²) in [5, 5.41) is 7.94. The summed E-state index contributed by atoms with van der Waals surface area (Å²) in [5.41, 5.74) is 1.55. The van der Waals surface area contributed by atoms with Crippen LogP contribution in [0.2, 0.25) is 0 Å². The van der Waals surface area contributed by atoms with Gasteiger partial charge in [0, 0.05) is 63.6 Å². The summed E-state index contributed by atoms with van der Waals surface area (Å²) >= 11 is 1.14. The standard InChI is InChI=1S/C22H29N5O4S2/c28-20-4-1-11-27(20)12-3-8-24-22(29)18-16-17(25-33(30,31)21-5-2-15-32-21)6-7-19(18)26-13-9-23-10-14-26/h2,5-7,15-16,23,25H,1,3-4,8-14H2,(H,24,29). The second-order valence-electron chi connectivity index (χ2n) is 8.10. The van der Waals surface area contributed by atoms with Crippen molar-refractivity contribution in [3.05, 3.63) is 41.3 Å². The molecule has 2 fully saturated rings. The molecule has 3 N–H and O–H groups in total. The van der Waals surface area contributed by atoms with Crippen molar-refractivity contribution in [2.45, 2.75) is 23.5 Å². The van der Waals surface area contributed by atoms with Gasteiger partial charge >= 0.3 is 0 Å². The first-order valence-electron chi connectivity index (χ1n) is 11.2. The van der Waals surface area contributed by atoms with E-state index in [4.69, 9.17) is 0 Å². The number of piperazine rings is 1. The van der Waals surface area contributed by atoms with Gasteiger partial charge in [-0.25, -0.2) is 8.42 Å². The van der Waals surface area contributed by atoms with Crippen LogP contribution in [0.15, 0.2) is 39.9 Å². The first-order chi connectivity index (χ1) is 15.9. The molecular weight excluding hydrogens is 462 g/mol. The van der Waals surface area contributed by atoms with Crippen LogP contribution in [0.3, 0.4) is 0 Å². The SMILES string of the molecule is O=C(NCCCN1CCCC1=O)c1cc(NS(=O)(=O)c2cccs2)ccc1N1CCNCC1. The molecule has 4 rings (SSSR count). The predicted octanol–water partition coefficient (Wildman–Crippen LogP) is 1.70. The van der Waals surface area contributed by atoms with Crippen LogP contribution in [0.4, 0.5) is 11.4 Å². The van der Waals surface area contributed by atoms with Gasteiger partial charge in [-0.05, 0) is 42.5 Å². The van der Waals surface area contributed by atoms with Crippen LogP contribution in [0, 0.1) is 0 Å². The number of rotatable bonds is 9. The number of benzene rings is 1. The Morgan fingerprint density at radius 1 is 1.15 bits per heavy atom. The van der Waals surface area contributed by atoms with Crippen molar-refractivity contribution < 1.29 is 18.0 Å². The zero-order valence-electron chi connectivity index (χ0n) is 18.4. The molecule has 1 aromatic carbocycles. The minimum Gasteiger partial charge on any atom is -0.368 e. The van der Waals surface area contributed by atoms with Gasteiger partial charge in [0.2, 0.25) is 5.91 Å². The van der Waals surface area contributed by atoms with Gasteiger partial charge in [-0.15, -0.1) is 11.3 Å². The third-order valence-corrected chi connectivity index (χ3v) is 8.55. The molecule has 0 saturated carbocycles. The van der Waals surface area contributed by atoms with Gasteiger partial charge in [-0.2, -0.15) is 0 Å². The number of likely N-dealkylation sites (tertiary alicyclic amines) is 1. The molecule has 11 heteroatoms. The monoisotopic (exact) mass is 491 g/mol. The number of thiophene rings is 1. The fourth-order valence-electron chi connectivity index (χ4n) is 4.09. The van der Waals surface area contributed by atoms with Crippen LogP contribution in [-0.4, -0.2) is 70.9 Å². The summed E-state index contributed by atoms with van der Waals surface area (Å²) in [6.45, 7) is 5.01. The lowest BCUT2D eigenvalue weighted by Crippen LogP contribution is -2.44. The fourth-order valence-corrected chi connectivity index (χ4v) is 6.13. The number of nitrogens with one attached hydrogen (secondary N) is 3. The molecule has 2 aliphatic rings. The van der Waals surface area contributed by atoms with Gasteiger partial charge in [0.05, 0.1) is 5.56 Å². The second-order valence-corrected chi connectivity index (χ2v) is 11.0. The van der Waals surface area contributed by atoms with Crippen molar-refractivity contribution in [1.29, 1.82) is 0 Å². The zero-order chi connectivity index (χ0) is 23.3. The predicted molar refractivity (Wildman–Crippen MR) is 129 cm³/mol. The maximum atomic E-state index is 13.1. The largest absolute Gasteiger partial charge is 0.368 e. The van der Waals surface area contributed by atoms with Gasteiger partial charge in [0.1, 0.15) is 4.21 Å². The fraction of sp³-hybridized carbons (Fsp3) is 0.455. The highest BCUT2D eigenvalue weighted by molar-refractivity contribution is 7.94. The summed E-state index contributed by atoms with van der Waals surface area (Å²) in [6, 6.07) is 8.32. The number of hydrogen-bond donors (Lipinski definition) is 3. The van der Waals surface area contributed by atoms with Gasteiger partial charge in [0.15, 0.2) is 0 Å². The number of nitrogens with zero attached hydrogens (tertiary/aromatic N) is 2. The molecule has 0 spiro atoms. The minimum atomic E-state index is -3.71. The molecule has 0 aliphatic carbocycles. The van der Waals surface area contributed by atoms with Gasteiger partial charge < -0.3 is 20.4 Å². The first-order valence-corrected chi connectivity index (χ1v) is 13.5. The maximum Gasteiger partial charge on any atom is 0.271 e. The summed E-state index contributed by atoms with van der Waals surface area (Å²) < 4.78 is 28.1. The van der Waals surface area contributed by atoms with E-state index in [0.29, 0.717) is 37.2 Å². The molecule has 0 atom stereocenters. The maximum absolute atomic E-state index is 13.1. The Bertz CT molecular complexity index is 1080. The van der Waals surface area contributed by atoms with Crippen molar-refractivity contribution in [2.24, 2.45) is 0 Å². The Kier molecular flexibility index (Phi) is 7.51. The summed E-state index contributed by atoms with van der Waals surface area (Å²) in [7, 11) is -3.71. The lowest BCUT2D eigenvalue weighted by atomic mass is 10.1. The Morgan fingerprint density at radius 2 is 1.97 bits per heavy atom. The van der Waals surface area contributed by atoms with Crippen LogP contribution < -0.4 is 20.3 Å². The molecule has 33 heavy (non-hydrogen) atoms. The number of carbonyl (C=O) groups is 2. The quantitative estimate of drug-likeness (QED) is 0.461. The molecule has 178 valence electrons. The summed E-state index contributed by atoms with van der Waals surface area (Å²) in [5.74, 6) is -0.0819. The van der Waals surface area contributed by atoms with Crippen molar-refractivity contribution >= 4 is 44.5 Å². The number of anilines is 2. The highest BCUT2D eigenvalue weighted by atomic mass is 32.2. The smallest absolute Gasteiger partial charge is 0.271 e. The van der Waals surface area contributed by atoms with Crippen LogP contribution >= 0.6 is 11.3 Å². The Morgan fingerprint density at radius 3 is 2.67 bits per heavy atom. The van der Waals surface area contributed by atoms with Crippen LogP contribution in [0.25, 0.3) is 0 Å². The zero-order valence-corrected chi connectivity index (χ0v) is 20.0. The molecule has 2 amide bonds. The highest BCUT2D eigenvalue weighted by Crippen LogP contribution is 2.27. The molecule has 0 bridgehead atoms. The molecule has 0 unspecified atom stereocenters. The van der Waals surface area contributed by atoms with Crippen LogP contribution in [-0.2, 0) is 14.8 Å². The van der Waals surface area contributed by atoms with Crippen LogP contribution in [0.1, 0.15) is 29.6 Å². The normalized spacial score (nSPS) is 16.8. The average Bonchev–Trinajstić information content (AvgIpc) is 3.50. The van der Waals surface area contributed by atoms with E-state index in [2.05, 4.69) is 20.3 Å². The number of sulfonamides is 1. The molecule has 2 saturated heterocycles. The third-order valence-electron chi connectivity index (χ3n) is 5.77. The highest BCUT2D eigenvalue weighted by Gasteiger charge is 2.22. The van der Waals surface area contributed by atoms with E-state index in [1.165, 1.54) is 0 Å². The summed E-state index contributed by atoms with van der Waals surface area (Å²) in [6.07, 6.45) is 2.17. The van der Waals surface area contributed by atoms with Gasteiger partial charge in [-0.1, -0.05) is 6.07 Å². The first kappa shape index (κ1) is 23.5. The van der Waals surface area contributed by atoms with Gasteiger partial charge in [0.25, 0.3) is 15.9 Å². The molecule has 3 heterocycles. The van der Waals surface area contributed by atoms with E-state index in [1.54, 1.807) is 35.7 Å². The number of carbonyl (C=O) groups excluding carboxylic acids is 2. The Labute approximate surface area is 198 Å². The molecular formula is C22H29N5O4S2. The van der Waals surface area contributed by atoms with E-state index < -0.39 is 10.0 Å². The van der Waals surface area contributed by atoms with E-state index in [1.807, 2.05) is 4.90 Å². The number of amides is 2. The molecule has 9 nitrogen and oxygen atoms in total. The van der Waals surface area contributed by atoms with Crippen LogP contribution in [0.5, 0.6) is 0 Å².